The molecule has 3 fully saturated rings. The summed E-state index contributed by atoms with van der Waals surface area (Å²) in [6.07, 6.45) is 3.36. The molecule has 2 atom stereocenters. The van der Waals surface area contributed by atoms with Crippen LogP contribution in [0.15, 0.2) is 0 Å². The van der Waals surface area contributed by atoms with Gasteiger partial charge >= 0.3 is 13.1 Å². The van der Waals surface area contributed by atoms with Gasteiger partial charge in [0.2, 0.25) is 0 Å². The molecule has 3 heterocycles. The van der Waals surface area contributed by atoms with Crippen LogP contribution in [0.4, 0.5) is 4.79 Å². The van der Waals surface area contributed by atoms with Gasteiger partial charge in [-0.05, 0) is 60.5 Å². The van der Waals surface area contributed by atoms with Gasteiger partial charge in [0, 0.05) is 38.5 Å². The van der Waals surface area contributed by atoms with Crippen molar-refractivity contribution in [2.24, 2.45) is 0 Å². The van der Waals surface area contributed by atoms with Gasteiger partial charge in [-0.25, -0.2) is 4.79 Å². The highest BCUT2D eigenvalue weighted by Crippen LogP contribution is 2.42. The third kappa shape index (κ3) is 3.69. The molecule has 0 saturated carbocycles. The fraction of sp³-hybridized carbons (Fsp3) is 0.944. The van der Waals surface area contributed by atoms with Crippen molar-refractivity contribution in [1.29, 1.82) is 0 Å². The van der Waals surface area contributed by atoms with Crippen molar-refractivity contribution in [2.45, 2.75) is 70.0 Å². The highest BCUT2D eigenvalue weighted by molar-refractivity contribution is 6.47. The molecule has 0 bridgehead atoms. The molecule has 3 aliphatic rings. The number of likely N-dealkylation sites (N-methyl/N-ethyl adjacent to an activating group) is 2. The molecule has 0 aliphatic carbocycles. The van der Waals surface area contributed by atoms with Crippen LogP contribution in [0, 0.1) is 0 Å². The minimum absolute atomic E-state index is 0.138. The molecule has 0 aromatic carbocycles. The number of carbonyl (C=O) groups is 1. The molecule has 0 N–H and O–H groups in total. The molecular weight excluding hydrogens is 317 g/mol. The lowest BCUT2D eigenvalue weighted by Gasteiger charge is -2.32. The van der Waals surface area contributed by atoms with Crippen LogP contribution in [0.2, 0.25) is 5.82 Å². The molecule has 3 saturated heterocycles. The van der Waals surface area contributed by atoms with Gasteiger partial charge in [0.1, 0.15) is 0 Å². The maximum absolute atomic E-state index is 12.8. The number of likely N-dealkylation sites (tertiary alicyclic amines) is 2. The summed E-state index contributed by atoms with van der Waals surface area (Å²) in [4.78, 5) is 19.0. The van der Waals surface area contributed by atoms with Crippen molar-refractivity contribution in [3.05, 3.63) is 0 Å². The Morgan fingerprint density at radius 3 is 2.36 bits per heavy atom. The first-order chi connectivity index (χ1) is 11.6. The fourth-order valence-corrected chi connectivity index (χ4v) is 4.11. The molecular formula is C18H34BN3O3. The zero-order chi connectivity index (χ0) is 18.4. The van der Waals surface area contributed by atoms with Crippen LogP contribution in [0.1, 0.15) is 47.0 Å². The Balaban J connectivity index is 1.53. The molecule has 0 spiro atoms. The molecule has 3 rings (SSSR count). The number of nitrogens with zero attached hydrogens (tertiary/aromatic N) is 3. The molecule has 3 aliphatic heterocycles. The van der Waals surface area contributed by atoms with Crippen LogP contribution in [0.25, 0.3) is 0 Å². The van der Waals surface area contributed by atoms with Crippen molar-refractivity contribution < 1.29 is 14.1 Å². The third-order valence-corrected chi connectivity index (χ3v) is 6.63. The lowest BCUT2D eigenvalue weighted by atomic mass is 9.71. The predicted molar refractivity (Wildman–Crippen MR) is 99.7 cm³/mol. The number of hydrogen-bond donors (Lipinski definition) is 0. The van der Waals surface area contributed by atoms with Crippen molar-refractivity contribution in [2.75, 3.05) is 40.3 Å². The first-order valence-corrected chi connectivity index (χ1v) is 9.66. The van der Waals surface area contributed by atoms with Gasteiger partial charge in [-0.15, -0.1) is 0 Å². The molecule has 25 heavy (non-hydrogen) atoms. The van der Waals surface area contributed by atoms with Crippen LogP contribution in [-0.2, 0) is 9.31 Å². The zero-order valence-corrected chi connectivity index (χ0v) is 16.7. The number of rotatable bonds is 3. The van der Waals surface area contributed by atoms with Gasteiger partial charge in [0.25, 0.3) is 0 Å². The molecule has 0 radical (unpaired) electrons. The molecule has 7 heteroatoms. The Morgan fingerprint density at radius 2 is 1.80 bits per heavy atom. The fourth-order valence-electron chi connectivity index (χ4n) is 4.11. The second-order valence-electron chi connectivity index (χ2n) is 9.06. The second kappa shape index (κ2) is 6.74. The van der Waals surface area contributed by atoms with Crippen LogP contribution >= 0.6 is 0 Å². The Labute approximate surface area is 152 Å². The Bertz CT molecular complexity index is 498. The van der Waals surface area contributed by atoms with Gasteiger partial charge in [-0.3, -0.25) is 0 Å². The average molecular weight is 351 g/mol. The van der Waals surface area contributed by atoms with Crippen molar-refractivity contribution in [3.63, 3.8) is 0 Å². The van der Waals surface area contributed by atoms with E-state index in [1.807, 2.05) is 16.8 Å². The molecule has 2 amide bonds. The smallest absolute Gasteiger partial charge is 0.403 e. The van der Waals surface area contributed by atoms with Crippen LogP contribution in [0.3, 0.4) is 0 Å². The van der Waals surface area contributed by atoms with E-state index < -0.39 is 0 Å². The Hall–Kier alpha value is -0.785. The lowest BCUT2D eigenvalue weighted by Crippen LogP contribution is -2.45. The van der Waals surface area contributed by atoms with Gasteiger partial charge < -0.3 is 24.0 Å². The zero-order valence-electron chi connectivity index (χ0n) is 16.7. The summed E-state index contributed by atoms with van der Waals surface area (Å²) >= 11 is 0. The molecule has 6 nitrogen and oxygen atoms in total. The van der Waals surface area contributed by atoms with E-state index in [9.17, 15) is 4.79 Å². The topological polar surface area (TPSA) is 45.2 Å². The maximum atomic E-state index is 12.8. The largest absolute Gasteiger partial charge is 0.463 e. The quantitative estimate of drug-likeness (QED) is 0.732. The number of carbonyl (C=O) groups excluding carboxylic acids is 1. The summed E-state index contributed by atoms with van der Waals surface area (Å²) in [5, 5.41) is 0. The summed E-state index contributed by atoms with van der Waals surface area (Å²) in [5.74, 6) is 0.257. The third-order valence-electron chi connectivity index (χ3n) is 6.63. The molecule has 2 unspecified atom stereocenters. The predicted octanol–water partition coefficient (Wildman–Crippen LogP) is 2.30. The van der Waals surface area contributed by atoms with Crippen LogP contribution in [-0.4, -0.2) is 85.4 Å². The molecule has 0 aromatic rings. The van der Waals surface area contributed by atoms with E-state index >= 15 is 0 Å². The van der Waals surface area contributed by atoms with E-state index in [2.05, 4.69) is 39.6 Å². The van der Waals surface area contributed by atoms with Crippen molar-refractivity contribution >= 4 is 13.1 Å². The van der Waals surface area contributed by atoms with E-state index in [1.54, 1.807) is 0 Å². The van der Waals surface area contributed by atoms with Gasteiger partial charge in [-0.1, -0.05) is 0 Å². The van der Waals surface area contributed by atoms with Gasteiger partial charge in [0.15, 0.2) is 0 Å². The molecule has 0 aromatic heterocycles. The van der Waals surface area contributed by atoms with E-state index in [0.29, 0.717) is 6.04 Å². The summed E-state index contributed by atoms with van der Waals surface area (Å²) in [6.45, 7) is 11.8. The number of amides is 2. The lowest BCUT2D eigenvalue weighted by molar-refractivity contribution is 0.00578. The van der Waals surface area contributed by atoms with Crippen molar-refractivity contribution in [1.82, 2.24) is 14.7 Å². The number of hydrogen-bond acceptors (Lipinski definition) is 4. The van der Waals surface area contributed by atoms with E-state index in [1.165, 1.54) is 12.8 Å². The highest BCUT2D eigenvalue weighted by atomic mass is 16.7. The summed E-state index contributed by atoms with van der Waals surface area (Å²) in [7, 11) is 3.87. The van der Waals surface area contributed by atoms with E-state index in [-0.39, 0.29) is 30.2 Å². The molecule has 142 valence electrons. The average Bonchev–Trinajstić information content (AvgIpc) is 3.19. The van der Waals surface area contributed by atoms with E-state index in [0.717, 1.165) is 32.6 Å². The first kappa shape index (κ1) is 19.0. The minimum Gasteiger partial charge on any atom is -0.403 e. The Kier molecular flexibility index (Phi) is 5.12. The summed E-state index contributed by atoms with van der Waals surface area (Å²) in [6, 6.07) is 0.634. The van der Waals surface area contributed by atoms with Gasteiger partial charge in [-0.2, -0.15) is 0 Å². The standard InChI is InChI=1S/C18H34BN3O3/c1-17(2)18(3,4)25-19(24-17)14-9-11-22(12-14)16(23)21(6)13-15-8-7-10-20(15)5/h14-15H,7-13H2,1-6H3. The Morgan fingerprint density at radius 1 is 1.16 bits per heavy atom. The summed E-state index contributed by atoms with van der Waals surface area (Å²) < 4.78 is 12.4. The van der Waals surface area contributed by atoms with Crippen molar-refractivity contribution in [3.8, 4) is 0 Å². The normalized spacial score (nSPS) is 31.8. The van der Waals surface area contributed by atoms with E-state index in [4.69, 9.17) is 9.31 Å². The monoisotopic (exact) mass is 351 g/mol. The number of urea groups is 1. The second-order valence-corrected chi connectivity index (χ2v) is 9.06. The van der Waals surface area contributed by atoms with Crippen LogP contribution < -0.4 is 0 Å². The SMILES string of the molecule is CN(CC1CCCN1C)C(=O)N1CCC(B2OC(C)(C)C(C)(C)O2)C1. The highest BCUT2D eigenvalue weighted by Gasteiger charge is 2.54. The first-order valence-electron chi connectivity index (χ1n) is 9.66. The minimum atomic E-state index is -0.307. The maximum Gasteiger partial charge on any atom is 0.463 e. The van der Waals surface area contributed by atoms with Gasteiger partial charge in [0.05, 0.1) is 11.2 Å². The summed E-state index contributed by atoms with van der Waals surface area (Å²) in [5.41, 5.74) is -0.613. The van der Waals surface area contributed by atoms with Crippen LogP contribution in [0.5, 0.6) is 0 Å².